The molecule has 0 bridgehead atoms. The molecule has 3 rings (SSSR count). The number of hydrogen-bond donors (Lipinski definition) is 1. The molecule has 124 valence electrons. The third-order valence-electron chi connectivity index (χ3n) is 5.89. The number of hydrogen-bond acceptors (Lipinski definition) is 6. The molecule has 0 aromatic carbocycles. The molecule has 0 spiro atoms. The predicted molar refractivity (Wildman–Crippen MR) is 77.9 cm³/mol. The van der Waals surface area contributed by atoms with Gasteiger partial charge in [-0.25, -0.2) is 4.79 Å². The lowest BCUT2D eigenvalue weighted by atomic mass is 9.81. The second kappa shape index (κ2) is 5.49. The van der Waals surface area contributed by atoms with Crippen LogP contribution in [0.15, 0.2) is 0 Å². The van der Waals surface area contributed by atoms with Crippen molar-refractivity contribution >= 4 is 11.9 Å². The van der Waals surface area contributed by atoms with Gasteiger partial charge in [0.25, 0.3) is 0 Å². The van der Waals surface area contributed by atoms with Gasteiger partial charge in [0.05, 0.1) is 18.6 Å². The van der Waals surface area contributed by atoms with E-state index < -0.39 is 23.4 Å². The standard InChI is InChI=1S/C16H25NO5/c1-9-10(2)16(3,20)15(19)21-8-11-4-6-17-7-5-12(13(11)17)22-14(9)18/h9-13,20H,4-8H2,1-3H3/t9-,10+,11+,12-,13-,16-/m1/s1. The van der Waals surface area contributed by atoms with E-state index in [0.717, 1.165) is 25.9 Å². The zero-order chi connectivity index (χ0) is 16.1. The SMILES string of the molecule is C[C@H]1C(=O)O[C@@H]2CCN3CC[C@@H](COC(=O)[C@](C)(O)[C@H]1C)[C@H]23. The maximum atomic E-state index is 12.4. The van der Waals surface area contributed by atoms with Crippen LogP contribution in [0.25, 0.3) is 0 Å². The van der Waals surface area contributed by atoms with E-state index >= 15 is 0 Å². The molecule has 0 radical (unpaired) electrons. The van der Waals surface area contributed by atoms with Crippen LogP contribution in [0.2, 0.25) is 0 Å². The van der Waals surface area contributed by atoms with Gasteiger partial charge in [-0.3, -0.25) is 9.69 Å². The Morgan fingerprint density at radius 3 is 2.64 bits per heavy atom. The first-order chi connectivity index (χ1) is 10.3. The molecule has 22 heavy (non-hydrogen) atoms. The highest BCUT2D eigenvalue weighted by Gasteiger charge is 2.50. The van der Waals surface area contributed by atoms with Crippen molar-refractivity contribution < 1.29 is 24.2 Å². The van der Waals surface area contributed by atoms with E-state index in [4.69, 9.17) is 9.47 Å². The van der Waals surface area contributed by atoms with Crippen molar-refractivity contribution in [1.29, 1.82) is 0 Å². The number of ether oxygens (including phenoxy) is 2. The Bertz CT molecular complexity index is 477. The molecular weight excluding hydrogens is 286 g/mol. The van der Waals surface area contributed by atoms with Crippen molar-refractivity contribution in [2.24, 2.45) is 17.8 Å². The molecule has 0 saturated carbocycles. The Labute approximate surface area is 130 Å². The average Bonchev–Trinajstić information content (AvgIpc) is 3.05. The summed E-state index contributed by atoms with van der Waals surface area (Å²) in [7, 11) is 0. The molecule has 3 heterocycles. The molecule has 1 N–H and O–H groups in total. The number of esters is 2. The van der Waals surface area contributed by atoms with E-state index in [9.17, 15) is 14.7 Å². The number of cyclic esters (lactones) is 1. The molecule has 0 amide bonds. The Balaban J connectivity index is 1.88. The Hall–Kier alpha value is -1.14. The molecule has 0 aliphatic carbocycles. The number of aliphatic hydroxyl groups is 1. The highest BCUT2D eigenvalue weighted by atomic mass is 16.6. The van der Waals surface area contributed by atoms with E-state index in [0.29, 0.717) is 0 Å². The zero-order valence-electron chi connectivity index (χ0n) is 13.4. The van der Waals surface area contributed by atoms with E-state index in [1.165, 1.54) is 6.92 Å². The lowest BCUT2D eigenvalue weighted by molar-refractivity contribution is -0.174. The van der Waals surface area contributed by atoms with Gasteiger partial charge in [0.15, 0.2) is 5.60 Å². The molecule has 6 atom stereocenters. The fraction of sp³-hybridized carbons (Fsp3) is 0.875. The first-order valence-corrected chi connectivity index (χ1v) is 8.16. The largest absolute Gasteiger partial charge is 0.463 e. The topological polar surface area (TPSA) is 76.1 Å². The number of rotatable bonds is 0. The maximum Gasteiger partial charge on any atom is 0.338 e. The number of carbonyl (C=O) groups is 2. The van der Waals surface area contributed by atoms with Gasteiger partial charge in [-0.1, -0.05) is 13.8 Å². The summed E-state index contributed by atoms with van der Waals surface area (Å²) in [5, 5.41) is 10.5. The van der Waals surface area contributed by atoms with Crippen molar-refractivity contribution in [3.05, 3.63) is 0 Å². The summed E-state index contributed by atoms with van der Waals surface area (Å²) in [5.74, 6) is -1.93. The van der Waals surface area contributed by atoms with E-state index in [2.05, 4.69) is 4.90 Å². The number of nitrogens with zero attached hydrogens (tertiary/aromatic N) is 1. The van der Waals surface area contributed by atoms with Gasteiger partial charge in [0.1, 0.15) is 6.10 Å². The molecule has 3 saturated heterocycles. The molecule has 3 aliphatic heterocycles. The summed E-state index contributed by atoms with van der Waals surface area (Å²) in [5.41, 5.74) is -1.68. The fourth-order valence-corrected chi connectivity index (χ4v) is 3.99. The predicted octanol–water partition coefficient (Wildman–Crippen LogP) is 0.572. The van der Waals surface area contributed by atoms with Gasteiger partial charge in [0, 0.05) is 18.4 Å². The van der Waals surface area contributed by atoms with Crippen molar-refractivity contribution in [3.63, 3.8) is 0 Å². The summed E-state index contributed by atoms with van der Waals surface area (Å²) in [4.78, 5) is 27.0. The highest BCUT2D eigenvalue weighted by molar-refractivity contribution is 5.81. The molecule has 0 aromatic heterocycles. The number of carbonyl (C=O) groups excluding carboxylic acids is 2. The molecule has 3 fully saturated rings. The summed E-state index contributed by atoms with van der Waals surface area (Å²) in [6, 6.07) is 0.141. The van der Waals surface area contributed by atoms with Crippen molar-refractivity contribution in [3.8, 4) is 0 Å². The van der Waals surface area contributed by atoms with Gasteiger partial charge in [-0.15, -0.1) is 0 Å². The third kappa shape index (κ3) is 2.42. The lowest BCUT2D eigenvalue weighted by Crippen LogP contribution is -2.47. The van der Waals surface area contributed by atoms with Crippen LogP contribution in [0.1, 0.15) is 33.6 Å². The van der Waals surface area contributed by atoms with Gasteiger partial charge >= 0.3 is 11.9 Å². The van der Waals surface area contributed by atoms with Gasteiger partial charge in [0.2, 0.25) is 0 Å². The lowest BCUT2D eigenvalue weighted by Gasteiger charge is -2.31. The fourth-order valence-electron chi connectivity index (χ4n) is 3.99. The van der Waals surface area contributed by atoms with E-state index in [1.807, 2.05) is 0 Å². The van der Waals surface area contributed by atoms with E-state index in [-0.39, 0.29) is 30.6 Å². The normalized spacial score (nSPS) is 46.6. The summed E-state index contributed by atoms with van der Waals surface area (Å²) >= 11 is 0. The smallest absolute Gasteiger partial charge is 0.338 e. The van der Waals surface area contributed by atoms with Gasteiger partial charge in [-0.05, 0) is 26.3 Å². The first-order valence-electron chi connectivity index (χ1n) is 8.16. The van der Waals surface area contributed by atoms with Crippen molar-refractivity contribution in [2.45, 2.75) is 51.4 Å². The van der Waals surface area contributed by atoms with Crippen LogP contribution >= 0.6 is 0 Å². The van der Waals surface area contributed by atoms with Crippen LogP contribution in [0, 0.1) is 17.8 Å². The molecule has 6 nitrogen and oxygen atoms in total. The molecule has 0 aromatic rings. The van der Waals surface area contributed by atoms with Gasteiger partial charge < -0.3 is 14.6 Å². The van der Waals surface area contributed by atoms with E-state index in [1.54, 1.807) is 13.8 Å². The summed E-state index contributed by atoms with van der Waals surface area (Å²) in [6.07, 6.45) is 1.63. The first kappa shape index (κ1) is 15.7. The van der Waals surface area contributed by atoms with Crippen LogP contribution in [0.4, 0.5) is 0 Å². The molecular formula is C16H25NO5. The quantitative estimate of drug-likeness (QED) is 0.659. The monoisotopic (exact) mass is 311 g/mol. The molecule has 6 heteroatoms. The highest BCUT2D eigenvalue weighted by Crippen LogP contribution is 2.37. The van der Waals surface area contributed by atoms with Crippen LogP contribution in [-0.2, 0) is 19.1 Å². The zero-order valence-corrected chi connectivity index (χ0v) is 13.4. The van der Waals surface area contributed by atoms with Crippen LogP contribution in [-0.4, -0.2) is 59.4 Å². The minimum absolute atomic E-state index is 0.128. The van der Waals surface area contributed by atoms with Crippen molar-refractivity contribution in [2.75, 3.05) is 19.7 Å². The van der Waals surface area contributed by atoms with Crippen LogP contribution < -0.4 is 0 Å². The third-order valence-corrected chi connectivity index (χ3v) is 5.89. The van der Waals surface area contributed by atoms with Crippen LogP contribution in [0.3, 0.4) is 0 Å². The Morgan fingerprint density at radius 1 is 1.23 bits per heavy atom. The second-order valence-corrected chi connectivity index (χ2v) is 7.16. The minimum Gasteiger partial charge on any atom is -0.463 e. The second-order valence-electron chi connectivity index (χ2n) is 7.16. The molecule has 0 unspecified atom stereocenters. The maximum absolute atomic E-state index is 12.4. The van der Waals surface area contributed by atoms with Crippen molar-refractivity contribution in [1.82, 2.24) is 4.90 Å². The summed E-state index contributed by atoms with van der Waals surface area (Å²) in [6.45, 7) is 6.96. The molecule has 3 aliphatic rings. The summed E-state index contributed by atoms with van der Waals surface area (Å²) < 4.78 is 11.1. The van der Waals surface area contributed by atoms with Gasteiger partial charge in [-0.2, -0.15) is 0 Å². The van der Waals surface area contributed by atoms with Crippen LogP contribution in [0.5, 0.6) is 0 Å². The Morgan fingerprint density at radius 2 is 1.91 bits per heavy atom. The Kier molecular flexibility index (Phi) is 3.93. The minimum atomic E-state index is -1.68. The average molecular weight is 311 g/mol.